The fourth-order valence-electron chi connectivity index (χ4n) is 2.65. The SMILES string of the molecule is CCNC(c1cc(Cl)c(OC)c(OC)c1)C(CC)CC. The zero-order chi connectivity index (χ0) is 15.1. The van der Waals surface area contributed by atoms with Gasteiger partial charge in [0.05, 0.1) is 19.2 Å². The molecule has 1 atom stereocenters. The van der Waals surface area contributed by atoms with Gasteiger partial charge in [-0.1, -0.05) is 45.2 Å². The van der Waals surface area contributed by atoms with Gasteiger partial charge in [0.25, 0.3) is 0 Å². The fraction of sp³-hybridized carbons (Fsp3) is 0.625. The summed E-state index contributed by atoms with van der Waals surface area (Å²) in [5, 5.41) is 4.16. The van der Waals surface area contributed by atoms with E-state index >= 15 is 0 Å². The minimum Gasteiger partial charge on any atom is -0.493 e. The third kappa shape index (κ3) is 3.80. The Bertz CT molecular complexity index is 419. The summed E-state index contributed by atoms with van der Waals surface area (Å²) in [6, 6.07) is 4.29. The van der Waals surface area contributed by atoms with Crippen LogP contribution in [-0.2, 0) is 0 Å². The van der Waals surface area contributed by atoms with E-state index in [0.717, 1.165) is 24.9 Å². The molecule has 0 aliphatic heterocycles. The van der Waals surface area contributed by atoms with E-state index in [1.807, 2.05) is 12.1 Å². The molecule has 4 heteroatoms. The van der Waals surface area contributed by atoms with Crippen LogP contribution in [0.3, 0.4) is 0 Å². The predicted octanol–water partition coefficient (Wildman–Crippen LogP) is 4.44. The van der Waals surface area contributed by atoms with Crippen LogP contribution in [-0.4, -0.2) is 20.8 Å². The van der Waals surface area contributed by atoms with Crippen molar-refractivity contribution in [3.8, 4) is 11.5 Å². The van der Waals surface area contributed by atoms with E-state index in [2.05, 4.69) is 26.1 Å². The van der Waals surface area contributed by atoms with Crippen molar-refractivity contribution >= 4 is 11.6 Å². The second-order valence-electron chi connectivity index (χ2n) is 4.85. The second kappa shape index (κ2) is 8.38. The lowest BCUT2D eigenvalue weighted by molar-refractivity contribution is 0.337. The number of ether oxygens (including phenoxy) is 2. The predicted molar refractivity (Wildman–Crippen MR) is 85.0 cm³/mol. The largest absolute Gasteiger partial charge is 0.493 e. The third-order valence-electron chi connectivity index (χ3n) is 3.76. The lowest BCUT2D eigenvalue weighted by Crippen LogP contribution is -2.27. The van der Waals surface area contributed by atoms with Crippen LogP contribution < -0.4 is 14.8 Å². The number of nitrogens with one attached hydrogen (secondary N) is 1. The van der Waals surface area contributed by atoms with E-state index < -0.39 is 0 Å². The number of methoxy groups -OCH3 is 2. The molecule has 1 aromatic carbocycles. The average molecular weight is 300 g/mol. The van der Waals surface area contributed by atoms with E-state index in [9.17, 15) is 0 Å². The molecule has 0 bridgehead atoms. The van der Waals surface area contributed by atoms with E-state index in [1.165, 1.54) is 0 Å². The van der Waals surface area contributed by atoms with Crippen molar-refractivity contribution in [1.82, 2.24) is 5.32 Å². The van der Waals surface area contributed by atoms with Gasteiger partial charge in [-0.05, 0) is 30.2 Å². The average Bonchev–Trinajstić information content (AvgIpc) is 2.46. The molecule has 3 nitrogen and oxygen atoms in total. The molecule has 0 radical (unpaired) electrons. The summed E-state index contributed by atoms with van der Waals surface area (Å²) in [6.07, 6.45) is 2.25. The van der Waals surface area contributed by atoms with Crippen LogP contribution in [0.15, 0.2) is 12.1 Å². The van der Waals surface area contributed by atoms with Gasteiger partial charge >= 0.3 is 0 Å². The van der Waals surface area contributed by atoms with Crippen LogP contribution >= 0.6 is 11.6 Å². The molecule has 0 aromatic heterocycles. The highest BCUT2D eigenvalue weighted by Crippen LogP contribution is 2.39. The summed E-state index contributed by atoms with van der Waals surface area (Å²) in [7, 11) is 3.24. The molecule has 1 N–H and O–H groups in total. The Kier molecular flexibility index (Phi) is 7.17. The van der Waals surface area contributed by atoms with Gasteiger partial charge in [-0.15, -0.1) is 0 Å². The summed E-state index contributed by atoms with van der Waals surface area (Å²) in [5.74, 6) is 1.85. The molecule has 0 amide bonds. The van der Waals surface area contributed by atoms with Crippen molar-refractivity contribution in [2.24, 2.45) is 5.92 Å². The number of halogens is 1. The maximum Gasteiger partial charge on any atom is 0.179 e. The van der Waals surface area contributed by atoms with Crippen LogP contribution in [0.1, 0.15) is 45.2 Å². The molecule has 0 heterocycles. The van der Waals surface area contributed by atoms with Crippen LogP contribution in [0.2, 0.25) is 5.02 Å². The molecule has 1 aromatic rings. The first-order valence-corrected chi connectivity index (χ1v) is 7.65. The number of hydrogen-bond donors (Lipinski definition) is 1. The Morgan fingerprint density at radius 3 is 2.20 bits per heavy atom. The van der Waals surface area contributed by atoms with Gasteiger partial charge in [-0.3, -0.25) is 0 Å². The van der Waals surface area contributed by atoms with Gasteiger partial charge in [0.2, 0.25) is 0 Å². The van der Waals surface area contributed by atoms with Gasteiger partial charge in [0, 0.05) is 6.04 Å². The maximum absolute atomic E-state index is 6.32. The normalized spacial score (nSPS) is 12.6. The summed E-state index contributed by atoms with van der Waals surface area (Å²) in [4.78, 5) is 0. The topological polar surface area (TPSA) is 30.5 Å². The number of rotatable bonds is 8. The number of hydrogen-bond acceptors (Lipinski definition) is 3. The lowest BCUT2D eigenvalue weighted by atomic mass is 9.88. The van der Waals surface area contributed by atoms with Gasteiger partial charge in [-0.25, -0.2) is 0 Å². The molecule has 20 heavy (non-hydrogen) atoms. The standard InChI is InChI=1S/C16H26ClNO2/c1-6-11(7-2)15(18-8-3)12-9-13(17)16(20-5)14(10-12)19-4/h9-11,15,18H,6-8H2,1-5H3. The van der Waals surface area contributed by atoms with Gasteiger partial charge in [0.15, 0.2) is 11.5 Å². The molecular formula is C16H26ClNO2. The Morgan fingerprint density at radius 2 is 1.75 bits per heavy atom. The Hall–Kier alpha value is -0.930. The van der Waals surface area contributed by atoms with E-state index in [-0.39, 0.29) is 6.04 Å². The molecule has 0 saturated carbocycles. The summed E-state index contributed by atoms with van der Waals surface area (Å²) < 4.78 is 10.7. The summed E-state index contributed by atoms with van der Waals surface area (Å²) >= 11 is 6.32. The van der Waals surface area contributed by atoms with Crippen LogP contribution in [0.25, 0.3) is 0 Å². The van der Waals surface area contributed by atoms with Gasteiger partial charge in [-0.2, -0.15) is 0 Å². The highest BCUT2D eigenvalue weighted by Gasteiger charge is 2.22. The lowest BCUT2D eigenvalue weighted by Gasteiger charge is -2.27. The van der Waals surface area contributed by atoms with E-state index in [1.54, 1.807) is 14.2 Å². The zero-order valence-electron chi connectivity index (χ0n) is 13.1. The van der Waals surface area contributed by atoms with Gasteiger partial charge < -0.3 is 14.8 Å². The van der Waals surface area contributed by atoms with Crippen LogP contribution in [0.4, 0.5) is 0 Å². The minimum absolute atomic E-state index is 0.285. The summed E-state index contributed by atoms with van der Waals surface area (Å²) in [5.41, 5.74) is 1.16. The first kappa shape index (κ1) is 17.1. The van der Waals surface area contributed by atoms with E-state index in [4.69, 9.17) is 21.1 Å². The first-order chi connectivity index (χ1) is 9.62. The van der Waals surface area contributed by atoms with Crippen molar-refractivity contribution in [2.75, 3.05) is 20.8 Å². The quantitative estimate of drug-likeness (QED) is 0.769. The first-order valence-electron chi connectivity index (χ1n) is 7.27. The van der Waals surface area contributed by atoms with Crippen LogP contribution in [0, 0.1) is 5.92 Å². The Labute approximate surface area is 127 Å². The Morgan fingerprint density at radius 1 is 1.10 bits per heavy atom. The zero-order valence-corrected chi connectivity index (χ0v) is 13.9. The van der Waals surface area contributed by atoms with Crippen molar-refractivity contribution in [3.63, 3.8) is 0 Å². The molecular weight excluding hydrogens is 274 g/mol. The van der Waals surface area contributed by atoms with Crippen molar-refractivity contribution in [3.05, 3.63) is 22.7 Å². The smallest absolute Gasteiger partial charge is 0.179 e. The van der Waals surface area contributed by atoms with Crippen LogP contribution in [0.5, 0.6) is 11.5 Å². The second-order valence-corrected chi connectivity index (χ2v) is 5.26. The highest BCUT2D eigenvalue weighted by molar-refractivity contribution is 6.32. The van der Waals surface area contributed by atoms with Crippen molar-refractivity contribution in [1.29, 1.82) is 0 Å². The molecule has 0 aliphatic carbocycles. The molecule has 0 fully saturated rings. The molecule has 114 valence electrons. The number of benzene rings is 1. The molecule has 0 aliphatic rings. The molecule has 1 rings (SSSR count). The highest BCUT2D eigenvalue weighted by atomic mass is 35.5. The Balaban J connectivity index is 3.23. The molecule has 0 spiro atoms. The van der Waals surface area contributed by atoms with Gasteiger partial charge in [0.1, 0.15) is 0 Å². The monoisotopic (exact) mass is 299 g/mol. The van der Waals surface area contributed by atoms with E-state index in [0.29, 0.717) is 22.4 Å². The summed E-state index contributed by atoms with van der Waals surface area (Å²) in [6.45, 7) is 7.49. The molecule has 0 saturated heterocycles. The maximum atomic E-state index is 6.32. The van der Waals surface area contributed by atoms with Crippen molar-refractivity contribution in [2.45, 2.75) is 39.7 Å². The minimum atomic E-state index is 0.285. The molecule has 1 unspecified atom stereocenters. The third-order valence-corrected chi connectivity index (χ3v) is 4.04. The fourth-order valence-corrected chi connectivity index (χ4v) is 2.95. The van der Waals surface area contributed by atoms with Crippen molar-refractivity contribution < 1.29 is 9.47 Å².